The lowest BCUT2D eigenvalue weighted by molar-refractivity contribution is 0.978. The van der Waals surface area contributed by atoms with Crippen LogP contribution in [-0.2, 0) is 0 Å². The van der Waals surface area contributed by atoms with E-state index in [1.54, 1.807) is 0 Å². The van der Waals surface area contributed by atoms with E-state index in [0.717, 1.165) is 50.4 Å². The molecule has 37 heavy (non-hydrogen) atoms. The van der Waals surface area contributed by atoms with Crippen molar-refractivity contribution in [2.24, 2.45) is 0 Å². The highest BCUT2D eigenvalue weighted by Crippen LogP contribution is 2.32. The first-order valence-electron chi connectivity index (χ1n) is 12.4. The first-order chi connectivity index (χ1) is 18.3. The van der Waals surface area contributed by atoms with Gasteiger partial charge in [-0.2, -0.15) is 0 Å². The van der Waals surface area contributed by atoms with Crippen LogP contribution in [0.2, 0.25) is 0 Å². The number of pyridine rings is 2. The van der Waals surface area contributed by atoms with Crippen molar-refractivity contribution in [1.29, 1.82) is 0 Å². The van der Waals surface area contributed by atoms with Crippen molar-refractivity contribution in [1.82, 2.24) is 23.7 Å². The van der Waals surface area contributed by atoms with E-state index in [4.69, 9.17) is 9.97 Å². The Morgan fingerprint density at radius 3 is 1.73 bits per heavy atom. The zero-order valence-electron chi connectivity index (χ0n) is 19.9. The molecule has 0 saturated carbocycles. The molecule has 0 saturated heterocycles. The number of hydrogen-bond acceptors (Lipinski definition) is 2. The SMILES string of the molecule is c1cc(-n2ccc3ccccc32)nc(-n2c3ccccc3c3ccc(-n4ccc5ccccc54)nc32)c1. The van der Waals surface area contributed by atoms with Gasteiger partial charge in [0.25, 0.3) is 0 Å². The maximum atomic E-state index is 5.20. The third kappa shape index (κ3) is 2.98. The van der Waals surface area contributed by atoms with Crippen LogP contribution < -0.4 is 0 Å². The lowest BCUT2D eigenvalue weighted by Crippen LogP contribution is -2.04. The third-order valence-electron chi connectivity index (χ3n) is 7.15. The Labute approximate surface area is 212 Å². The summed E-state index contributed by atoms with van der Waals surface area (Å²) in [6.45, 7) is 0. The lowest BCUT2D eigenvalue weighted by Gasteiger charge is -2.11. The van der Waals surface area contributed by atoms with Crippen LogP contribution in [0, 0.1) is 0 Å². The molecule has 0 aliphatic carbocycles. The molecular weight excluding hydrogens is 454 g/mol. The molecule has 3 aromatic carbocycles. The molecule has 5 heteroatoms. The molecule has 0 bridgehead atoms. The van der Waals surface area contributed by atoms with Gasteiger partial charge in [-0.25, -0.2) is 9.97 Å². The minimum absolute atomic E-state index is 0.837. The molecule has 0 atom stereocenters. The van der Waals surface area contributed by atoms with Crippen LogP contribution in [0.25, 0.3) is 61.2 Å². The van der Waals surface area contributed by atoms with Crippen LogP contribution in [0.4, 0.5) is 0 Å². The summed E-state index contributed by atoms with van der Waals surface area (Å²) in [6, 6.07) is 39.9. The largest absolute Gasteiger partial charge is 0.301 e. The molecule has 5 aromatic heterocycles. The van der Waals surface area contributed by atoms with Gasteiger partial charge in [-0.15, -0.1) is 0 Å². The van der Waals surface area contributed by atoms with E-state index in [2.05, 4.69) is 141 Å². The van der Waals surface area contributed by atoms with Gasteiger partial charge < -0.3 is 9.13 Å². The Kier molecular flexibility index (Phi) is 4.16. The third-order valence-corrected chi connectivity index (χ3v) is 7.15. The van der Waals surface area contributed by atoms with E-state index < -0.39 is 0 Å². The molecule has 0 fully saturated rings. The number of aromatic nitrogens is 5. The van der Waals surface area contributed by atoms with Crippen molar-refractivity contribution in [2.75, 3.05) is 0 Å². The number of hydrogen-bond donors (Lipinski definition) is 0. The van der Waals surface area contributed by atoms with Crippen molar-refractivity contribution in [3.05, 3.63) is 128 Å². The Morgan fingerprint density at radius 1 is 0.405 bits per heavy atom. The van der Waals surface area contributed by atoms with E-state index in [9.17, 15) is 0 Å². The second-order valence-electron chi connectivity index (χ2n) is 9.24. The minimum atomic E-state index is 0.837. The normalized spacial score (nSPS) is 11.8. The van der Waals surface area contributed by atoms with Gasteiger partial charge in [-0.1, -0.05) is 60.7 Å². The highest BCUT2D eigenvalue weighted by atomic mass is 15.2. The van der Waals surface area contributed by atoms with E-state index in [1.807, 2.05) is 0 Å². The van der Waals surface area contributed by atoms with Gasteiger partial charge in [0.2, 0.25) is 0 Å². The van der Waals surface area contributed by atoms with Gasteiger partial charge in [-0.05, 0) is 65.4 Å². The van der Waals surface area contributed by atoms with Gasteiger partial charge in [0.05, 0.1) is 16.6 Å². The topological polar surface area (TPSA) is 40.6 Å². The number of nitrogens with zero attached hydrogens (tertiary/aromatic N) is 5. The van der Waals surface area contributed by atoms with Crippen LogP contribution in [-0.4, -0.2) is 23.7 Å². The Balaban J connectivity index is 1.38. The van der Waals surface area contributed by atoms with Crippen molar-refractivity contribution in [3.63, 3.8) is 0 Å². The summed E-state index contributed by atoms with van der Waals surface area (Å²) in [4.78, 5) is 10.3. The number of fused-ring (bicyclic) bond motifs is 5. The number of rotatable bonds is 3. The maximum Gasteiger partial charge on any atom is 0.149 e. The average molecular weight is 476 g/mol. The molecule has 0 spiro atoms. The van der Waals surface area contributed by atoms with Crippen LogP contribution in [0.15, 0.2) is 128 Å². The van der Waals surface area contributed by atoms with Crippen molar-refractivity contribution in [2.45, 2.75) is 0 Å². The average Bonchev–Trinajstić information content (AvgIpc) is 3.66. The summed E-state index contributed by atoms with van der Waals surface area (Å²) in [6.07, 6.45) is 4.16. The fraction of sp³-hybridized carbons (Fsp3) is 0. The van der Waals surface area contributed by atoms with Crippen LogP contribution >= 0.6 is 0 Å². The molecule has 0 amide bonds. The smallest absolute Gasteiger partial charge is 0.149 e. The highest BCUT2D eigenvalue weighted by Gasteiger charge is 2.16. The molecule has 174 valence electrons. The molecule has 0 N–H and O–H groups in total. The van der Waals surface area contributed by atoms with Crippen molar-refractivity contribution in [3.8, 4) is 17.5 Å². The number of para-hydroxylation sites is 3. The van der Waals surface area contributed by atoms with Crippen molar-refractivity contribution >= 4 is 43.7 Å². The van der Waals surface area contributed by atoms with E-state index in [0.29, 0.717) is 0 Å². The Hall–Kier alpha value is -5.16. The first-order valence-corrected chi connectivity index (χ1v) is 12.4. The molecule has 0 aliphatic heterocycles. The second-order valence-corrected chi connectivity index (χ2v) is 9.24. The van der Waals surface area contributed by atoms with Crippen LogP contribution in [0.3, 0.4) is 0 Å². The Bertz CT molecular complexity index is 2110. The maximum absolute atomic E-state index is 5.20. The molecule has 5 nitrogen and oxygen atoms in total. The summed E-state index contributed by atoms with van der Waals surface area (Å²) < 4.78 is 6.46. The van der Waals surface area contributed by atoms with Gasteiger partial charge in [0.1, 0.15) is 23.1 Å². The predicted molar refractivity (Wildman–Crippen MR) is 150 cm³/mol. The zero-order chi connectivity index (χ0) is 24.3. The summed E-state index contributed by atoms with van der Waals surface area (Å²) >= 11 is 0. The van der Waals surface area contributed by atoms with E-state index >= 15 is 0 Å². The molecule has 8 rings (SSSR count). The predicted octanol–water partition coefficient (Wildman–Crippen LogP) is 7.46. The van der Waals surface area contributed by atoms with Gasteiger partial charge >= 0.3 is 0 Å². The summed E-state index contributed by atoms with van der Waals surface area (Å²) in [5.41, 5.74) is 4.24. The zero-order valence-corrected chi connectivity index (χ0v) is 19.9. The van der Waals surface area contributed by atoms with Crippen LogP contribution in [0.1, 0.15) is 0 Å². The van der Waals surface area contributed by atoms with E-state index in [1.165, 1.54) is 10.8 Å². The second kappa shape index (κ2) is 7.67. The first kappa shape index (κ1) is 20.1. The molecule has 0 unspecified atom stereocenters. The lowest BCUT2D eigenvalue weighted by atomic mass is 10.2. The fourth-order valence-electron chi connectivity index (χ4n) is 5.43. The van der Waals surface area contributed by atoms with Crippen LogP contribution in [0.5, 0.6) is 0 Å². The monoisotopic (exact) mass is 475 g/mol. The molecule has 8 aromatic rings. The number of benzene rings is 3. The van der Waals surface area contributed by atoms with Gasteiger partial charge in [0.15, 0.2) is 0 Å². The fourth-order valence-corrected chi connectivity index (χ4v) is 5.43. The van der Waals surface area contributed by atoms with Crippen molar-refractivity contribution < 1.29 is 0 Å². The minimum Gasteiger partial charge on any atom is -0.301 e. The summed E-state index contributed by atoms with van der Waals surface area (Å²) in [7, 11) is 0. The molecular formula is C32H21N5. The summed E-state index contributed by atoms with van der Waals surface area (Å²) in [5.74, 6) is 2.59. The van der Waals surface area contributed by atoms with E-state index in [-0.39, 0.29) is 0 Å². The standard InChI is InChI=1S/C32H21N5/c1-4-11-26-22(8-1)18-20-35(26)29-14-7-15-31(33-29)37-28-13-6-3-10-24(28)25-16-17-30(34-32(25)37)36-21-19-23-9-2-5-12-27(23)36/h1-21H. The highest BCUT2D eigenvalue weighted by molar-refractivity contribution is 6.08. The summed E-state index contributed by atoms with van der Waals surface area (Å²) in [5, 5.41) is 4.65. The Morgan fingerprint density at radius 2 is 1.00 bits per heavy atom. The molecule has 0 aliphatic rings. The van der Waals surface area contributed by atoms with Gasteiger partial charge in [0, 0.05) is 23.2 Å². The van der Waals surface area contributed by atoms with Gasteiger partial charge in [-0.3, -0.25) is 4.57 Å². The molecule has 5 heterocycles. The quantitative estimate of drug-likeness (QED) is 0.266. The molecule has 0 radical (unpaired) electrons.